The molecule has 2 unspecified atom stereocenters. The van der Waals surface area contributed by atoms with Crippen LogP contribution < -0.4 is 0 Å². The van der Waals surface area contributed by atoms with Crippen molar-refractivity contribution in [3.05, 3.63) is 130 Å². The van der Waals surface area contributed by atoms with Crippen LogP contribution in [0.15, 0.2) is 101 Å². The molecule has 208 valence electrons. The van der Waals surface area contributed by atoms with Gasteiger partial charge in [0.25, 0.3) is 0 Å². The maximum absolute atomic E-state index is 6.63. The third-order valence-corrected chi connectivity index (χ3v) is 9.37. The predicted octanol–water partition coefficient (Wildman–Crippen LogP) is 10.4. The Labute approximate surface area is 246 Å². The van der Waals surface area contributed by atoms with Crippen LogP contribution in [0.3, 0.4) is 0 Å². The van der Waals surface area contributed by atoms with Crippen molar-refractivity contribution in [3.63, 3.8) is 0 Å². The van der Waals surface area contributed by atoms with Crippen LogP contribution in [0.2, 0.25) is 0 Å². The van der Waals surface area contributed by atoms with Gasteiger partial charge in [-0.15, -0.1) is 0 Å². The molecule has 3 heteroatoms. The van der Waals surface area contributed by atoms with Crippen LogP contribution in [0, 0.1) is 27.7 Å². The topological polar surface area (TPSA) is 27.3 Å². The second-order valence-corrected chi connectivity index (χ2v) is 12.4. The second kappa shape index (κ2) is 9.25. The summed E-state index contributed by atoms with van der Waals surface area (Å²) in [5.74, 6) is 1.43. The second-order valence-electron chi connectivity index (χ2n) is 12.4. The monoisotopic (exact) mass is 549 g/mol. The van der Waals surface area contributed by atoms with Gasteiger partial charge in [0.05, 0.1) is 10.9 Å². The lowest BCUT2D eigenvalue weighted by atomic mass is 9.81. The van der Waals surface area contributed by atoms with Crippen LogP contribution in [-0.4, -0.2) is 10.7 Å². The zero-order chi connectivity index (χ0) is 28.7. The Bertz CT molecular complexity index is 2120. The van der Waals surface area contributed by atoms with E-state index in [9.17, 15) is 0 Å². The number of nitrogens with zero attached hydrogens (tertiary/aromatic N) is 1. The lowest BCUT2D eigenvalue weighted by Gasteiger charge is -2.21. The number of aryl methyl sites for hydroxylation is 4. The first-order valence-corrected chi connectivity index (χ1v) is 15.1. The number of fused-ring (bicyclic) bond motifs is 5. The summed E-state index contributed by atoms with van der Waals surface area (Å²) in [4.78, 5) is 0. The van der Waals surface area contributed by atoms with E-state index in [1.807, 2.05) is 0 Å². The summed E-state index contributed by atoms with van der Waals surface area (Å²) < 4.78 is 15.4. The smallest absolute Gasteiger partial charge is 0.213 e. The summed E-state index contributed by atoms with van der Waals surface area (Å²) >= 11 is 0. The van der Waals surface area contributed by atoms with Crippen molar-refractivity contribution in [2.24, 2.45) is 0 Å². The summed E-state index contributed by atoms with van der Waals surface area (Å²) in [6.45, 7) is 10.9. The van der Waals surface area contributed by atoms with Crippen molar-refractivity contribution in [1.82, 2.24) is 4.57 Å². The normalized spacial score (nSPS) is 18.6. The predicted molar refractivity (Wildman–Crippen MR) is 173 cm³/mol. The van der Waals surface area contributed by atoms with Crippen LogP contribution in [0.1, 0.15) is 59.1 Å². The number of hydrogen-bond acceptors (Lipinski definition) is 2. The van der Waals surface area contributed by atoms with E-state index in [1.165, 1.54) is 72.0 Å². The van der Waals surface area contributed by atoms with Crippen molar-refractivity contribution in [3.8, 4) is 5.69 Å². The number of furan rings is 1. The van der Waals surface area contributed by atoms with Gasteiger partial charge in [0, 0.05) is 34.4 Å². The van der Waals surface area contributed by atoms with E-state index >= 15 is 0 Å². The molecule has 0 saturated heterocycles. The molecule has 0 spiro atoms. The Hall–Kier alpha value is -4.50. The van der Waals surface area contributed by atoms with Gasteiger partial charge in [-0.1, -0.05) is 65.7 Å². The molecule has 42 heavy (non-hydrogen) atoms. The molecule has 3 nitrogen and oxygen atoms in total. The molecule has 4 aromatic carbocycles. The third kappa shape index (κ3) is 3.80. The van der Waals surface area contributed by atoms with Gasteiger partial charge in [-0.3, -0.25) is 4.57 Å². The van der Waals surface area contributed by atoms with Crippen molar-refractivity contribution < 1.29 is 9.15 Å². The molecule has 1 aliphatic carbocycles. The zero-order valence-corrected chi connectivity index (χ0v) is 24.9. The van der Waals surface area contributed by atoms with Crippen LogP contribution in [-0.2, 0) is 4.74 Å². The van der Waals surface area contributed by atoms with Crippen molar-refractivity contribution >= 4 is 38.5 Å². The fourth-order valence-electron chi connectivity index (χ4n) is 7.29. The number of benzene rings is 4. The van der Waals surface area contributed by atoms with Crippen LogP contribution in [0.5, 0.6) is 0 Å². The maximum atomic E-state index is 6.63. The number of aromatic nitrogens is 1. The van der Waals surface area contributed by atoms with Gasteiger partial charge in [-0.25, -0.2) is 0 Å². The highest BCUT2D eigenvalue weighted by Gasteiger charge is 2.36. The number of allylic oxidation sites excluding steroid dienone is 3. The highest BCUT2D eigenvalue weighted by Crippen LogP contribution is 2.47. The standard InChI is InChI=1S/C39H35NO2/c1-22-6-12-29(13-7-22)40-34-19-24(3)9-15-31(34)38-33-21-28(11-17-36(33)42-39(38)40)27-10-16-35-32(20-27)37(26(5)41-35)30-14-8-23(2)18-25(30)4/h6-9,11-15,17-21,26,37H,10,16H2,1-5H3. The lowest BCUT2D eigenvalue weighted by Crippen LogP contribution is -2.14. The molecule has 1 aliphatic heterocycles. The summed E-state index contributed by atoms with van der Waals surface area (Å²) in [6, 6.07) is 29.0. The largest absolute Gasteiger partial charge is 0.494 e. The fourth-order valence-corrected chi connectivity index (χ4v) is 7.29. The minimum absolute atomic E-state index is 0.138. The summed E-state index contributed by atoms with van der Waals surface area (Å²) in [5.41, 5.74) is 14.6. The van der Waals surface area contributed by atoms with E-state index in [1.54, 1.807) is 0 Å². The van der Waals surface area contributed by atoms with E-state index in [4.69, 9.17) is 9.15 Å². The first-order valence-electron chi connectivity index (χ1n) is 15.1. The number of hydrogen-bond donors (Lipinski definition) is 0. The van der Waals surface area contributed by atoms with Crippen molar-refractivity contribution in [2.75, 3.05) is 0 Å². The van der Waals surface area contributed by atoms with Gasteiger partial charge in [0.2, 0.25) is 5.71 Å². The van der Waals surface area contributed by atoms with Gasteiger partial charge in [-0.05, 0) is 99.2 Å². The number of rotatable bonds is 3. The first-order chi connectivity index (χ1) is 20.4. The molecule has 2 aliphatic rings. The molecule has 3 heterocycles. The van der Waals surface area contributed by atoms with Gasteiger partial charge in [0.15, 0.2) is 0 Å². The third-order valence-electron chi connectivity index (χ3n) is 9.37. The van der Waals surface area contributed by atoms with E-state index in [-0.39, 0.29) is 12.0 Å². The minimum atomic E-state index is 0.138. The average molecular weight is 550 g/mol. The Morgan fingerprint density at radius 1 is 0.738 bits per heavy atom. The maximum Gasteiger partial charge on any atom is 0.213 e. The minimum Gasteiger partial charge on any atom is -0.494 e. The first kappa shape index (κ1) is 25.2. The Morgan fingerprint density at radius 2 is 1.50 bits per heavy atom. The van der Waals surface area contributed by atoms with Crippen LogP contribution in [0.25, 0.3) is 44.2 Å². The lowest BCUT2D eigenvalue weighted by molar-refractivity contribution is 0.142. The van der Waals surface area contributed by atoms with E-state index in [0.717, 1.165) is 29.8 Å². The van der Waals surface area contributed by atoms with Crippen molar-refractivity contribution in [2.45, 2.75) is 59.5 Å². The summed E-state index contributed by atoms with van der Waals surface area (Å²) in [6.07, 6.45) is 4.48. The van der Waals surface area contributed by atoms with Crippen LogP contribution in [0.4, 0.5) is 0 Å². The van der Waals surface area contributed by atoms with Gasteiger partial charge in [-0.2, -0.15) is 0 Å². The molecular weight excluding hydrogens is 514 g/mol. The molecule has 0 amide bonds. The van der Waals surface area contributed by atoms with E-state index in [0.29, 0.717) is 0 Å². The molecule has 2 atom stereocenters. The molecule has 0 radical (unpaired) electrons. The van der Waals surface area contributed by atoms with Gasteiger partial charge < -0.3 is 9.15 Å². The summed E-state index contributed by atoms with van der Waals surface area (Å²) in [7, 11) is 0. The number of ether oxygens (including phenoxy) is 1. The van der Waals surface area contributed by atoms with Crippen molar-refractivity contribution in [1.29, 1.82) is 0 Å². The molecule has 0 fully saturated rings. The zero-order valence-electron chi connectivity index (χ0n) is 24.9. The van der Waals surface area contributed by atoms with Gasteiger partial charge >= 0.3 is 0 Å². The van der Waals surface area contributed by atoms with E-state index in [2.05, 4.69) is 124 Å². The highest BCUT2D eigenvalue weighted by molar-refractivity contribution is 6.20. The Kier molecular flexibility index (Phi) is 5.56. The SMILES string of the molecule is Cc1ccc(-n2c3cc(C)ccc3c3c4cc(C5=CC6=C(CC5)OC(C)C6c5ccc(C)cc5C)ccc4oc32)cc1. The molecule has 2 aromatic heterocycles. The molecule has 0 N–H and O–H groups in total. The highest BCUT2D eigenvalue weighted by atomic mass is 16.5. The Morgan fingerprint density at radius 3 is 2.31 bits per heavy atom. The van der Waals surface area contributed by atoms with E-state index < -0.39 is 0 Å². The molecular formula is C39H35NO2. The average Bonchev–Trinajstić information content (AvgIpc) is 3.60. The molecule has 6 aromatic rings. The van der Waals surface area contributed by atoms with Gasteiger partial charge in [0.1, 0.15) is 17.4 Å². The Balaban J connectivity index is 1.28. The molecule has 0 bridgehead atoms. The molecule has 0 saturated carbocycles. The molecule has 8 rings (SSSR count). The fraction of sp³-hybridized carbons (Fsp3) is 0.231. The summed E-state index contributed by atoms with van der Waals surface area (Å²) in [5, 5.41) is 3.58. The van der Waals surface area contributed by atoms with Crippen LogP contribution >= 0.6 is 0 Å². The quantitative estimate of drug-likeness (QED) is 0.220.